The van der Waals surface area contributed by atoms with Crippen LogP contribution in [0, 0.1) is 118 Å². The first kappa shape index (κ1) is 65.4. The molecule has 0 aliphatic heterocycles. The van der Waals surface area contributed by atoms with Gasteiger partial charge < -0.3 is 17.7 Å². The van der Waals surface area contributed by atoms with Crippen LogP contribution in [0.15, 0.2) is 66.2 Å². The third kappa shape index (κ3) is 12.7. The Hall–Kier alpha value is -5.78. The molecule has 10 rings (SSSR count). The molecule has 0 saturated heterocycles. The number of furan rings is 4. The normalized spacial score (nSPS) is 12.4. The number of para-hydroxylation sites is 1. The maximum absolute atomic E-state index is 6.21. The van der Waals surface area contributed by atoms with Crippen molar-refractivity contribution in [1.29, 1.82) is 0 Å². The van der Waals surface area contributed by atoms with Gasteiger partial charge in [-0.2, -0.15) is 0 Å². The van der Waals surface area contributed by atoms with Gasteiger partial charge in [0.2, 0.25) is 0 Å². The highest BCUT2D eigenvalue weighted by atomic mass is 32.1. The summed E-state index contributed by atoms with van der Waals surface area (Å²) in [5.74, 6) is 4.44. The van der Waals surface area contributed by atoms with E-state index in [4.69, 9.17) is 17.7 Å². The lowest BCUT2D eigenvalue weighted by atomic mass is 9.88. The van der Waals surface area contributed by atoms with E-state index in [9.17, 15) is 0 Å². The number of hydrogen-bond acceptors (Lipinski definition) is 5. The Morgan fingerprint density at radius 1 is 0.268 bits per heavy atom. The van der Waals surface area contributed by atoms with Crippen LogP contribution in [-0.4, -0.2) is 0 Å². The fraction of sp³-hybridized carbons (Fsp3) is 0.481. The minimum Gasteiger partial charge on any atom is -0.460 e. The summed E-state index contributed by atoms with van der Waals surface area (Å²) in [4.78, 5) is 1.54. The van der Waals surface area contributed by atoms with Crippen LogP contribution in [0.4, 0.5) is 0 Å². The number of thiophene rings is 1. The molecule has 0 aliphatic carbocycles. The maximum atomic E-state index is 6.21. The Bertz CT molecular complexity index is 3860. The lowest BCUT2D eigenvalue weighted by Gasteiger charge is -2.17. The van der Waals surface area contributed by atoms with Gasteiger partial charge in [-0.25, -0.2) is 0 Å². The largest absolute Gasteiger partial charge is 0.460 e. The maximum Gasteiger partial charge on any atom is 0.138 e. The summed E-state index contributed by atoms with van der Waals surface area (Å²) in [7, 11) is 0. The molecule has 0 N–H and O–H groups in total. The molecule has 82 heavy (non-hydrogen) atoms. The third-order valence-corrected chi connectivity index (χ3v) is 19.1. The van der Waals surface area contributed by atoms with Gasteiger partial charge in [0.25, 0.3) is 0 Å². The molecule has 0 saturated carbocycles. The average Bonchev–Trinajstić information content (AvgIpc) is 3.34. The number of benzene rings is 5. The number of fused-ring (bicyclic) bond motifs is 5. The molecule has 5 aromatic carbocycles. The summed E-state index contributed by atoms with van der Waals surface area (Å²) in [6.07, 6.45) is 0. The summed E-state index contributed by atoms with van der Waals surface area (Å²) in [6, 6.07) is 16.9. The van der Waals surface area contributed by atoms with E-state index >= 15 is 0 Å². The van der Waals surface area contributed by atoms with Gasteiger partial charge in [-0.05, 0) is 229 Å². The second-order valence-electron chi connectivity index (χ2n) is 29.2. The van der Waals surface area contributed by atoms with E-state index in [1.165, 1.54) is 131 Å². The van der Waals surface area contributed by atoms with Crippen LogP contribution >= 0.6 is 11.3 Å². The van der Waals surface area contributed by atoms with E-state index in [1.807, 2.05) is 23.5 Å². The van der Waals surface area contributed by atoms with Gasteiger partial charge >= 0.3 is 0 Å². The van der Waals surface area contributed by atoms with Gasteiger partial charge in [-0.3, -0.25) is 0 Å². The molecule has 442 valence electrons. The number of aryl methyl sites for hydroxylation is 13. The van der Waals surface area contributed by atoms with E-state index in [0.717, 1.165) is 45.4 Å². The van der Waals surface area contributed by atoms with Crippen molar-refractivity contribution < 1.29 is 17.7 Å². The molecule has 5 heterocycles. The smallest absolute Gasteiger partial charge is 0.138 e. The van der Waals surface area contributed by atoms with E-state index in [2.05, 4.69) is 258 Å². The van der Waals surface area contributed by atoms with Gasteiger partial charge in [-0.15, -0.1) is 11.3 Å². The van der Waals surface area contributed by atoms with Crippen molar-refractivity contribution in [3.8, 4) is 0 Å². The molecule has 0 unspecified atom stereocenters. The minimum absolute atomic E-state index is 0.0593. The highest BCUT2D eigenvalue weighted by Gasteiger charge is 2.29. The van der Waals surface area contributed by atoms with Crippen LogP contribution in [0.3, 0.4) is 0 Å². The predicted octanol–water partition coefficient (Wildman–Crippen LogP) is 24.4. The second kappa shape index (κ2) is 23.3. The molecule has 0 amide bonds. The molecule has 4 nitrogen and oxygen atoms in total. The molecular formula is C77H104O4S. The van der Waals surface area contributed by atoms with Gasteiger partial charge in [0.1, 0.15) is 45.4 Å². The molecule has 10 aromatic rings. The molecular weight excluding hydrogens is 1020 g/mol. The Kier molecular flexibility index (Phi) is 18.6. The van der Waals surface area contributed by atoms with Gasteiger partial charge in [0, 0.05) is 52.8 Å². The van der Waals surface area contributed by atoms with E-state index in [-0.39, 0.29) is 27.1 Å². The van der Waals surface area contributed by atoms with E-state index in [1.54, 1.807) is 0 Å². The fourth-order valence-electron chi connectivity index (χ4n) is 12.4. The van der Waals surface area contributed by atoms with Gasteiger partial charge in [0.05, 0.1) is 0 Å². The predicted molar refractivity (Wildman–Crippen MR) is 361 cm³/mol. The molecule has 0 atom stereocenters. The van der Waals surface area contributed by atoms with Crippen molar-refractivity contribution in [3.05, 3.63) is 171 Å². The average molecular weight is 1130 g/mol. The summed E-state index contributed by atoms with van der Waals surface area (Å²) in [6.45, 7) is 70.5. The molecule has 0 fully saturated rings. The van der Waals surface area contributed by atoms with Crippen molar-refractivity contribution in [3.63, 3.8) is 0 Å². The van der Waals surface area contributed by atoms with Gasteiger partial charge in [0.15, 0.2) is 0 Å². The van der Waals surface area contributed by atoms with E-state index < -0.39 is 0 Å². The zero-order valence-electron chi connectivity index (χ0n) is 57.2. The minimum atomic E-state index is 0.0593. The molecule has 0 aliphatic rings. The van der Waals surface area contributed by atoms with Crippen LogP contribution in [0.1, 0.15) is 226 Å². The lowest BCUT2D eigenvalue weighted by molar-refractivity contribution is 0.426. The Morgan fingerprint density at radius 2 is 0.646 bits per heavy atom. The quantitative estimate of drug-likeness (QED) is 0.152. The Labute approximate surface area is 499 Å². The summed E-state index contributed by atoms with van der Waals surface area (Å²) < 4.78 is 25.7. The fourth-order valence-corrected chi connectivity index (χ4v) is 13.9. The first-order valence-electron chi connectivity index (χ1n) is 29.9. The first-order valence-corrected chi connectivity index (χ1v) is 30.8. The van der Waals surface area contributed by atoms with Crippen molar-refractivity contribution in [2.45, 2.75) is 249 Å². The standard InChI is InChI=1S/C17H24O.C17H24S.C15H20O.2C14H18O/c2*1-9-10(2)12(4)15-14(11(9)3)13(5)16(18-15)17(6,7)8;1-9-7-8-10(2)13-12(9)11(3)14(16-13)15(4,5)6;1-9-7-6-8-11-12(9)10(2)13(15-11)14(3,4)5;1-9-7-6-8-11-10(2)13(14(3,4)5)15-12(9)11/h2*1-8H3;7-8H,1-6H3;2*6-8H,1-5H3. The molecule has 0 spiro atoms. The van der Waals surface area contributed by atoms with Crippen LogP contribution in [0.25, 0.3) is 54.0 Å². The molecule has 0 radical (unpaired) electrons. The molecule has 5 aromatic heterocycles. The van der Waals surface area contributed by atoms with Gasteiger partial charge in [-0.1, -0.05) is 146 Å². The third-order valence-electron chi connectivity index (χ3n) is 17.3. The van der Waals surface area contributed by atoms with Crippen LogP contribution < -0.4 is 0 Å². The topological polar surface area (TPSA) is 52.6 Å². The van der Waals surface area contributed by atoms with Crippen LogP contribution in [0.2, 0.25) is 0 Å². The summed E-state index contributed by atoms with van der Waals surface area (Å²) in [5.41, 5.74) is 27.7. The zero-order chi connectivity index (χ0) is 62.2. The first-order chi connectivity index (χ1) is 37.5. The highest BCUT2D eigenvalue weighted by molar-refractivity contribution is 7.19. The van der Waals surface area contributed by atoms with E-state index in [0.29, 0.717) is 0 Å². The Balaban J connectivity index is 0.000000165. The second-order valence-corrected chi connectivity index (χ2v) is 30.3. The summed E-state index contributed by atoms with van der Waals surface area (Å²) in [5, 5.41) is 6.65. The SMILES string of the molecule is Cc1c(C(C)(C)C)oc2c(C)cccc12.Cc1c(C)c(C)c2c(C)c(C(C)(C)C)oc2c1C.Cc1c(C)c(C)c2c(C)c(C(C)(C)C)sc2c1C.Cc1ccc(C)c2c(C)c(C(C)(C)C)oc12.Cc1cccc2oc(C(C)(C)C)c(C)c12. The Morgan fingerprint density at radius 3 is 1.13 bits per heavy atom. The monoisotopic (exact) mass is 1120 g/mol. The molecule has 5 heteroatoms. The van der Waals surface area contributed by atoms with Crippen molar-refractivity contribution in [1.82, 2.24) is 0 Å². The van der Waals surface area contributed by atoms with Crippen molar-refractivity contribution in [2.75, 3.05) is 0 Å². The molecule has 0 bridgehead atoms. The summed E-state index contributed by atoms with van der Waals surface area (Å²) >= 11 is 1.99. The number of rotatable bonds is 0. The highest BCUT2D eigenvalue weighted by Crippen LogP contribution is 2.44. The van der Waals surface area contributed by atoms with Crippen LogP contribution in [-0.2, 0) is 27.1 Å². The van der Waals surface area contributed by atoms with Crippen molar-refractivity contribution >= 4 is 65.3 Å². The number of hydrogen-bond donors (Lipinski definition) is 0. The zero-order valence-corrected chi connectivity index (χ0v) is 58.0. The lowest BCUT2D eigenvalue weighted by Crippen LogP contribution is -2.11. The van der Waals surface area contributed by atoms with Crippen LogP contribution in [0.5, 0.6) is 0 Å². The van der Waals surface area contributed by atoms with Crippen molar-refractivity contribution in [2.24, 2.45) is 0 Å².